The van der Waals surface area contributed by atoms with Crippen LogP contribution in [0.2, 0.25) is 0 Å². The lowest BCUT2D eigenvalue weighted by Crippen LogP contribution is -2.40. The number of nitrogens with zero attached hydrogens (tertiary/aromatic N) is 1. The minimum atomic E-state index is 0. The summed E-state index contributed by atoms with van der Waals surface area (Å²) in [4.78, 5) is 2.58. The van der Waals surface area contributed by atoms with Crippen molar-refractivity contribution >= 4 is 23.2 Å². The number of hydrogen-bond donors (Lipinski definition) is 1. The van der Waals surface area contributed by atoms with Crippen molar-refractivity contribution in [2.24, 2.45) is 0 Å². The fourth-order valence-electron chi connectivity index (χ4n) is 3.05. The molecule has 0 unspecified atom stereocenters. The van der Waals surface area contributed by atoms with Crippen molar-refractivity contribution in [1.29, 1.82) is 0 Å². The fraction of sp³-hybridized carbons (Fsp3) is 0.412. The van der Waals surface area contributed by atoms with Crippen LogP contribution in [-0.4, -0.2) is 31.1 Å². The second-order valence-corrected chi connectivity index (χ2v) is 5.48. The molecule has 1 saturated heterocycles. The summed E-state index contributed by atoms with van der Waals surface area (Å²) >= 11 is 0. The lowest BCUT2D eigenvalue weighted by Gasteiger charge is -2.32. The molecule has 2 nitrogen and oxygen atoms in total. The largest absolute Gasteiger partial charge is 0.317 e. The standard InChI is InChI=1S/C17H22N2.ClH/c1-18-16-9-11-19(12-10-16)13-15-7-4-6-14-5-2-3-8-17(14)15;/h2-8,16,18H,9-13H2,1H3;1H. The molecule has 0 aliphatic carbocycles. The first-order valence-corrected chi connectivity index (χ1v) is 7.23. The molecule has 1 aliphatic rings. The zero-order valence-corrected chi connectivity index (χ0v) is 12.8. The van der Waals surface area contributed by atoms with E-state index in [0.29, 0.717) is 6.04 Å². The van der Waals surface area contributed by atoms with Gasteiger partial charge in [0.15, 0.2) is 0 Å². The van der Waals surface area contributed by atoms with Gasteiger partial charge in [0.2, 0.25) is 0 Å². The summed E-state index contributed by atoms with van der Waals surface area (Å²) in [6, 6.07) is 16.1. The number of piperidine rings is 1. The number of rotatable bonds is 3. The van der Waals surface area contributed by atoms with Gasteiger partial charge in [-0.25, -0.2) is 0 Å². The maximum absolute atomic E-state index is 3.39. The molecule has 0 aromatic heterocycles. The third-order valence-electron chi connectivity index (χ3n) is 4.27. The number of nitrogens with one attached hydrogen (secondary N) is 1. The molecule has 0 amide bonds. The summed E-state index contributed by atoms with van der Waals surface area (Å²) in [6.07, 6.45) is 2.53. The van der Waals surface area contributed by atoms with Crippen LogP contribution in [0.3, 0.4) is 0 Å². The van der Waals surface area contributed by atoms with E-state index < -0.39 is 0 Å². The van der Waals surface area contributed by atoms with Gasteiger partial charge < -0.3 is 5.32 Å². The van der Waals surface area contributed by atoms with Gasteiger partial charge in [-0.1, -0.05) is 42.5 Å². The summed E-state index contributed by atoms with van der Waals surface area (Å²) in [5, 5.41) is 6.15. The summed E-state index contributed by atoms with van der Waals surface area (Å²) < 4.78 is 0. The Morgan fingerprint density at radius 3 is 2.50 bits per heavy atom. The lowest BCUT2D eigenvalue weighted by atomic mass is 10.0. The van der Waals surface area contributed by atoms with Gasteiger partial charge in [0.25, 0.3) is 0 Å². The molecule has 0 bridgehead atoms. The van der Waals surface area contributed by atoms with Crippen LogP contribution >= 0.6 is 12.4 Å². The summed E-state index contributed by atoms with van der Waals surface area (Å²) in [6.45, 7) is 3.49. The van der Waals surface area contributed by atoms with Gasteiger partial charge in [-0.05, 0) is 49.3 Å². The first-order valence-electron chi connectivity index (χ1n) is 7.23. The topological polar surface area (TPSA) is 15.3 Å². The Balaban J connectivity index is 0.00000147. The van der Waals surface area contributed by atoms with Gasteiger partial charge in [0, 0.05) is 12.6 Å². The molecule has 0 saturated carbocycles. The van der Waals surface area contributed by atoms with E-state index in [1.165, 1.54) is 42.3 Å². The van der Waals surface area contributed by atoms with Crippen molar-refractivity contribution in [3.8, 4) is 0 Å². The molecule has 0 radical (unpaired) electrons. The van der Waals surface area contributed by atoms with Gasteiger partial charge in [-0.2, -0.15) is 0 Å². The summed E-state index contributed by atoms with van der Waals surface area (Å²) in [5.74, 6) is 0. The van der Waals surface area contributed by atoms with E-state index in [0.717, 1.165) is 6.54 Å². The van der Waals surface area contributed by atoms with E-state index in [1.807, 2.05) is 0 Å². The van der Waals surface area contributed by atoms with Crippen LogP contribution in [0.15, 0.2) is 42.5 Å². The van der Waals surface area contributed by atoms with Crippen molar-refractivity contribution in [2.75, 3.05) is 20.1 Å². The van der Waals surface area contributed by atoms with Gasteiger partial charge in [0.05, 0.1) is 0 Å². The van der Waals surface area contributed by atoms with Crippen molar-refractivity contribution in [3.63, 3.8) is 0 Å². The number of hydrogen-bond acceptors (Lipinski definition) is 2. The molecule has 20 heavy (non-hydrogen) atoms. The van der Waals surface area contributed by atoms with E-state index in [1.54, 1.807) is 0 Å². The molecule has 3 rings (SSSR count). The maximum atomic E-state index is 3.39. The minimum absolute atomic E-state index is 0. The molecule has 3 heteroatoms. The molecular weight excluding hydrogens is 268 g/mol. The minimum Gasteiger partial charge on any atom is -0.317 e. The van der Waals surface area contributed by atoms with Gasteiger partial charge in [-0.15, -0.1) is 12.4 Å². The van der Waals surface area contributed by atoms with E-state index in [2.05, 4.69) is 59.7 Å². The highest BCUT2D eigenvalue weighted by Crippen LogP contribution is 2.21. The Morgan fingerprint density at radius 2 is 1.75 bits per heavy atom. The predicted molar refractivity (Wildman–Crippen MR) is 88.6 cm³/mol. The zero-order chi connectivity index (χ0) is 13.1. The van der Waals surface area contributed by atoms with E-state index in [9.17, 15) is 0 Å². The highest BCUT2D eigenvalue weighted by atomic mass is 35.5. The van der Waals surface area contributed by atoms with Crippen LogP contribution in [-0.2, 0) is 6.54 Å². The Hall–Kier alpha value is -1.09. The van der Waals surface area contributed by atoms with Crippen molar-refractivity contribution < 1.29 is 0 Å². The quantitative estimate of drug-likeness (QED) is 0.931. The Morgan fingerprint density at radius 1 is 1.05 bits per heavy atom. The normalized spacial score (nSPS) is 17.1. The summed E-state index contributed by atoms with van der Waals surface area (Å²) in [7, 11) is 2.07. The van der Waals surface area contributed by atoms with Crippen molar-refractivity contribution in [2.45, 2.75) is 25.4 Å². The smallest absolute Gasteiger partial charge is 0.0239 e. The Kier molecular flexibility index (Phi) is 5.41. The monoisotopic (exact) mass is 290 g/mol. The number of benzene rings is 2. The van der Waals surface area contributed by atoms with Gasteiger partial charge in [0.1, 0.15) is 0 Å². The molecule has 1 fully saturated rings. The molecule has 2 aromatic carbocycles. The van der Waals surface area contributed by atoms with E-state index in [4.69, 9.17) is 0 Å². The second kappa shape index (κ2) is 7.07. The average molecular weight is 291 g/mol. The number of fused-ring (bicyclic) bond motifs is 1. The second-order valence-electron chi connectivity index (χ2n) is 5.48. The molecule has 0 atom stereocenters. The van der Waals surface area contributed by atoms with Crippen molar-refractivity contribution in [3.05, 3.63) is 48.0 Å². The average Bonchev–Trinajstić information content (AvgIpc) is 2.48. The van der Waals surface area contributed by atoms with Gasteiger partial charge in [-0.3, -0.25) is 4.90 Å². The van der Waals surface area contributed by atoms with Crippen LogP contribution in [0, 0.1) is 0 Å². The molecule has 1 N–H and O–H groups in total. The highest BCUT2D eigenvalue weighted by Gasteiger charge is 2.17. The molecule has 1 aliphatic heterocycles. The van der Waals surface area contributed by atoms with Crippen molar-refractivity contribution in [1.82, 2.24) is 10.2 Å². The van der Waals surface area contributed by atoms with E-state index >= 15 is 0 Å². The van der Waals surface area contributed by atoms with Crippen LogP contribution in [0.25, 0.3) is 10.8 Å². The van der Waals surface area contributed by atoms with Crippen LogP contribution in [0.1, 0.15) is 18.4 Å². The Labute approximate surface area is 127 Å². The number of halogens is 1. The maximum Gasteiger partial charge on any atom is 0.0239 e. The molecular formula is C17H23ClN2. The third-order valence-corrected chi connectivity index (χ3v) is 4.27. The first-order chi connectivity index (χ1) is 9.36. The molecule has 1 heterocycles. The van der Waals surface area contributed by atoms with Gasteiger partial charge >= 0.3 is 0 Å². The van der Waals surface area contributed by atoms with E-state index in [-0.39, 0.29) is 12.4 Å². The molecule has 108 valence electrons. The lowest BCUT2D eigenvalue weighted by molar-refractivity contribution is 0.195. The SMILES string of the molecule is CNC1CCN(Cc2cccc3ccccc23)CC1.Cl. The Bertz CT molecular complexity index is 542. The fourth-order valence-corrected chi connectivity index (χ4v) is 3.05. The zero-order valence-electron chi connectivity index (χ0n) is 12.0. The van der Waals surface area contributed by atoms with Crippen LogP contribution in [0.5, 0.6) is 0 Å². The number of likely N-dealkylation sites (tertiary alicyclic amines) is 1. The highest BCUT2D eigenvalue weighted by molar-refractivity contribution is 5.85. The van der Waals surface area contributed by atoms with Crippen LogP contribution in [0.4, 0.5) is 0 Å². The predicted octanol–water partition coefficient (Wildman–Crippen LogP) is 3.45. The third kappa shape index (κ3) is 3.32. The van der Waals surface area contributed by atoms with Crippen LogP contribution < -0.4 is 5.32 Å². The molecule has 2 aromatic rings. The summed E-state index contributed by atoms with van der Waals surface area (Å²) in [5.41, 5.74) is 1.46. The molecule has 0 spiro atoms. The first kappa shape index (κ1) is 15.3.